The van der Waals surface area contributed by atoms with E-state index in [-0.39, 0.29) is 5.54 Å². The molecule has 1 aromatic rings. The van der Waals surface area contributed by atoms with Crippen LogP contribution in [0.2, 0.25) is 0 Å². The van der Waals surface area contributed by atoms with Crippen molar-refractivity contribution in [1.29, 1.82) is 5.26 Å². The molecule has 0 aliphatic heterocycles. The Balaban J connectivity index is 1.63. The number of oxazole rings is 1. The van der Waals surface area contributed by atoms with Gasteiger partial charge in [-0.2, -0.15) is 5.26 Å². The highest BCUT2D eigenvalue weighted by atomic mass is 32.2. The molecule has 0 spiro atoms. The summed E-state index contributed by atoms with van der Waals surface area (Å²) in [6.45, 7) is 3.90. The molecule has 2 unspecified atom stereocenters. The molecule has 19 heavy (non-hydrogen) atoms. The molecule has 4 nitrogen and oxygen atoms in total. The number of hydrogen-bond acceptors (Lipinski definition) is 5. The average Bonchev–Trinajstić information content (AvgIpc) is 3.01. The zero-order chi connectivity index (χ0) is 13.5. The highest BCUT2D eigenvalue weighted by molar-refractivity contribution is 7.99. The number of aromatic nitrogens is 1. The lowest BCUT2D eigenvalue weighted by molar-refractivity contribution is 0.418. The van der Waals surface area contributed by atoms with Crippen LogP contribution >= 0.6 is 11.8 Å². The zero-order valence-corrected chi connectivity index (χ0v) is 12.2. The third-order valence-corrected chi connectivity index (χ3v) is 5.13. The topological polar surface area (TPSA) is 61.9 Å². The van der Waals surface area contributed by atoms with Gasteiger partial charge in [0.2, 0.25) is 0 Å². The van der Waals surface area contributed by atoms with Crippen molar-refractivity contribution in [2.45, 2.75) is 68.0 Å². The number of nitrogens with one attached hydrogen (secondary N) is 1. The van der Waals surface area contributed by atoms with Crippen molar-refractivity contribution in [3.05, 3.63) is 11.5 Å². The van der Waals surface area contributed by atoms with Crippen molar-refractivity contribution in [1.82, 2.24) is 10.3 Å². The minimum absolute atomic E-state index is 0.310. The molecule has 2 aliphatic carbocycles. The summed E-state index contributed by atoms with van der Waals surface area (Å²) >= 11 is 1.68. The maximum atomic E-state index is 9.46. The van der Waals surface area contributed by atoms with Crippen molar-refractivity contribution in [2.24, 2.45) is 0 Å². The summed E-state index contributed by atoms with van der Waals surface area (Å²) in [6, 6.07) is 3.08. The smallest absolute Gasteiger partial charge is 0.256 e. The summed E-state index contributed by atoms with van der Waals surface area (Å²) < 4.78 is 5.62. The van der Waals surface area contributed by atoms with Crippen LogP contribution < -0.4 is 5.32 Å². The Morgan fingerprint density at radius 3 is 2.79 bits per heavy atom. The second-order valence-corrected chi connectivity index (χ2v) is 6.97. The van der Waals surface area contributed by atoms with Gasteiger partial charge in [0.25, 0.3) is 5.22 Å². The van der Waals surface area contributed by atoms with Crippen molar-refractivity contribution in [3.63, 3.8) is 0 Å². The van der Waals surface area contributed by atoms with Crippen LogP contribution in [0, 0.1) is 25.2 Å². The second-order valence-electron chi connectivity index (χ2n) is 5.72. The first-order valence-electron chi connectivity index (χ1n) is 6.90. The van der Waals surface area contributed by atoms with Crippen LogP contribution in [-0.4, -0.2) is 21.8 Å². The van der Waals surface area contributed by atoms with Gasteiger partial charge >= 0.3 is 0 Å². The molecule has 102 valence electrons. The molecule has 0 bridgehead atoms. The van der Waals surface area contributed by atoms with Crippen LogP contribution in [0.15, 0.2) is 9.64 Å². The van der Waals surface area contributed by atoms with Crippen LogP contribution in [0.4, 0.5) is 0 Å². The molecule has 1 aromatic heterocycles. The molecular weight excluding hydrogens is 258 g/mol. The summed E-state index contributed by atoms with van der Waals surface area (Å²) in [5.74, 6) is 0.892. The quantitative estimate of drug-likeness (QED) is 0.916. The standard InChI is InChI=1S/C14H19N3OS/c1-9-10(2)18-13(16-9)19-12-5-6-14(7-12,8-15)17-11-3-4-11/h11-12,17H,3-7H2,1-2H3. The van der Waals surface area contributed by atoms with Crippen LogP contribution in [0.1, 0.15) is 43.6 Å². The maximum absolute atomic E-state index is 9.46. The van der Waals surface area contributed by atoms with Gasteiger partial charge in [-0.1, -0.05) is 11.8 Å². The molecule has 0 saturated heterocycles. The van der Waals surface area contributed by atoms with E-state index in [2.05, 4.69) is 16.4 Å². The van der Waals surface area contributed by atoms with E-state index in [1.54, 1.807) is 11.8 Å². The van der Waals surface area contributed by atoms with Gasteiger partial charge in [0.05, 0.1) is 11.8 Å². The van der Waals surface area contributed by atoms with Crippen molar-refractivity contribution < 1.29 is 4.42 Å². The lowest BCUT2D eigenvalue weighted by Crippen LogP contribution is -2.43. The summed E-state index contributed by atoms with van der Waals surface area (Å²) in [7, 11) is 0. The van der Waals surface area contributed by atoms with Gasteiger partial charge in [0.1, 0.15) is 11.3 Å². The normalized spacial score (nSPS) is 30.5. The van der Waals surface area contributed by atoms with Crippen LogP contribution in [0.25, 0.3) is 0 Å². The molecule has 2 atom stereocenters. The summed E-state index contributed by atoms with van der Waals surface area (Å²) in [6.07, 6.45) is 5.33. The summed E-state index contributed by atoms with van der Waals surface area (Å²) in [4.78, 5) is 4.41. The van der Waals surface area contributed by atoms with Crippen LogP contribution in [0.3, 0.4) is 0 Å². The van der Waals surface area contributed by atoms with Crippen LogP contribution in [-0.2, 0) is 0 Å². The molecule has 1 heterocycles. The predicted octanol–water partition coefficient (Wildman–Crippen LogP) is 2.95. The van der Waals surface area contributed by atoms with Gasteiger partial charge in [-0.05, 0) is 46.0 Å². The molecule has 1 N–H and O–H groups in total. The van der Waals surface area contributed by atoms with Crippen LogP contribution in [0.5, 0.6) is 0 Å². The summed E-state index contributed by atoms with van der Waals surface area (Å²) in [5, 5.41) is 14.2. The Hall–Kier alpha value is -0.990. The molecule has 0 aromatic carbocycles. The van der Waals surface area contributed by atoms with Gasteiger partial charge in [-0.25, -0.2) is 4.98 Å². The van der Waals surface area contributed by atoms with E-state index in [0.29, 0.717) is 11.3 Å². The first kappa shape index (κ1) is 13.0. The van der Waals surface area contributed by atoms with Gasteiger partial charge in [0.15, 0.2) is 0 Å². The second kappa shape index (κ2) is 4.84. The molecule has 3 rings (SSSR count). The Labute approximate surface area is 118 Å². The first-order valence-corrected chi connectivity index (χ1v) is 7.78. The van der Waals surface area contributed by atoms with E-state index in [9.17, 15) is 5.26 Å². The molecule has 0 radical (unpaired) electrons. The number of nitriles is 1. The number of nitrogens with zero attached hydrogens (tertiary/aromatic N) is 2. The summed E-state index contributed by atoms with van der Waals surface area (Å²) in [5.41, 5.74) is 0.651. The van der Waals surface area contributed by atoms with Crippen molar-refractivity contribution in [3.8, 4) is 6.07 Å². The number of rotatable bonds is 4. The fourth-order valence-corrected chi connectivity index (χ4v) is 3.87. The van der Waals surface area contributed by atoms with Gasteiger partial charge in [-0.15, -0.1) is 0 Å². The first-order chi connectivity index (χ1) is 9.10. The molecule has 2 fully saturated rings. The Kier molecular flexibility index (Phi) is 3.32. The third-order valence-electron chi connectivity index (χ3n) is 4.02. The molecule has 0 amide bonds. The van der Waals surface area contributed by atoms with Gasteiger partial charge in [0, 0.05) is 11.3 Å². The largest absolute Gasteiger partial charge is 0.437 e. The van der Waals surface area contributed by atoms with E-state index in [0.717, 1.165) is 35.9 Å². The lowest BCUT2D eigenvalue weighted by Gasteiger charge is -2.22. The Morgan fingerprint density at radius 1 is 1.42 bits per heavy atom. The minimum atomic E-state index is -0.310. The van der Waals surface area contributed by atoms with E-state index in [1.165, 1.54) is 12.8 Å². The highest BCUT2D eigenvalue weighted by Gasteiger charge is 2.43. The minimum Gasteiger partial charge on any atom is -0.437 e. The highest BCUT2D eigenvalue weighted by Crippen LogP contribution is 2.41. The van der Waals surface area contributed by atoms with Crippen molar-refractivity contribution >= 4 is 11.8 Å². The average molecular weight is 277 g/mol. The SMILES string of the molecule is Cc1nc(SC2CCC(C#N)(NC3CC3)C2)oc1C. The molecule has 2 aliphatic rings. The molecular formula is C14H19N3OS. The number of thioether (sulfide) groups is 1. The molecule has 2 saturated carbocycles. The van der Waals surface area contributed by atoms with E-state index in [1.807, 2.05) is 13.8 Å². The monoisotopic (exact) mass is 277 g/mol. The van der Waals surface area contributed by atoms with E-state index in [4.69, 9.17) is 4.42 Å². The van der Waals surface area contributed by atoms with Crippen molar-refractivity contribution in [2.75, 3.05) is 0 Å². The maximum Gasteiger partial charge on any atom is 0.256 e. The van der Waals surface area contributed by atoms with Gasteiger partial charge in [-0.3, -0.25) is 5.32 Å². The Morgan fingerprint density at radius 2 is 2.21 bits per heavy atom. The lowest BCUT2D eigenvalue weighted by atomic mass is 10.00. The zero-order valence-electron chi connectivity index (χ0n) is 11.4. The Bertz CT molecular complexity index is 498. The predicted molar refractivity (Wildman–Crippen MR) is 74.0 cm³/mol. The van der Waals surface area contributed by atoms with Gasteiger partial charge < -0.3 is 4.42 Å². The number of aryl methyl sites for hydroxylation is 2. The van der Waals surface area contributed by atoms with E-state index >= 15 is 0 Å². The van der Waals surface area contributed by atoms with E-state index < -0.39 is 0 Å². The fourth-order valence-electron chi connectivity index (χ4n) is 2.62. The third kappa shape index (κ3) is 2.80. The number of hydrogen-bond donors (Lipinski definition) is 1. The molecule has 5 heteroatoms. The fraction of sp³-hybridized carbons (Fsp3) is 0.714.